The fourth-order valence-electron chi connectivity index (χ4n) is 3.36. The highest BCUT2D eigenvalue weighted by molar-refractivity contribution is 7.89. The minimum atomic E-state index is -3.19. The Morgan fingerprint density at radius 1 is 1.35 bits per heavy atom. The van der Waals surface area contributed by atoms with Crippen molar-refractivity contribution < 1.29 is 13.2 Å². The van der Waals surface area contributed by atoms with Crippen LogP contribution in [0.1, 0.15) is 51.9 Å². The highest BCUT2D eigenvalue weighted by atomic mass is 32.2. The van der Waals surface area contributed by atoms with Gasteiger partial charge >= 0.3 is 0 Å². The number of unbranched alkanes of at least 4 members (excludes halogenated alkanes) is 1. The van der Waals surface area contributed by atoms with Crippen LogP contribution in [-0.4, -0.2) is 55.0 Å². The lowest BCUT2D eigenvalue weighted by Crippen LogP contribution is -2.56. The molecule has 1 aliphatic heterocycles. The number of carbonyl (C=O) groups is 1. The van der Waals surface area contributed by atoms with Crippen molar-refractivity contribution in [2.75, 3.05) is 25.9 Å². The van der Waals surface area contributed by atoms with Gasteiger partial charge in [-0.1, -0.05) is 13.3 Å². The Kier molecular flexibility index (Phi) is 5.69. The van der Waals surface area contributed by atoms with Crippen LogP contribution in [0.15, 0.2) is 0 Å². The molecule has 0 N–H and O–H groups in total. The van der Waals surface area contributed by atoms with Gasteiger partial charge in [0.1, 0.15) is 5.54 Å². The molecule has 23 heavy (non-hydrogen) atoms. The zero-order chi connectivity index (χ0) is 17.1. The molecule has 7 heteroatoms. The lowest BCUT2D eigenvalue weighted by Gasteiger charge is -2.45. The zero-order valence-electron chi connectivity index (χ0n) is 14.1. The van der Waals surface area contributed by atoms with Gasteiger partial charge in [0, 0.05) is 26.1 Å². The summed E-state index contributed by atoms with van der Waals surface area (Å²) in [7, 11) is -1.47. The Hall–Kier alpha value is -1.13. The number of hydrogen-bond acceptors (Lipinski definition) is 4. The van der Waals surface area contributed by atoms with Gasteiger partial charge in [-0.3, -0.25) is 4.79 Å². The third kappa shape index (κ3) is 3.69. The molecule has 0 aromatic heterocycles. The first-order valence-electron chi connectivity index (χ1n) is 8.53. The molecule has 2 aliphatic rings. The normalized spacial score (nSPS) is 22.1. The van der Waals surface area contributed by atoms with E-state index in [2.05, 4.69) is 6.07 Å². The molecule has 2 fully saturated rings. The van der Waals surface area contributed by atoms with E-state index in [1.165, 1.54) is 4.31 Å². The van der Waals surface area contributed by atoms with Crippen molar-refractivity contribution in [2.45, 2.75) is 57.4 Å². The van der Waals surface area contributed by atoms with Gasteiger partial charge in [0.25, 0.3) is 0 Å². The van der Waals surface area contributed by atoms with Gasteiger partial charge in [-0.2, -0.15) is 5.26 Å². The smallest absolute Gasteiger partial charge is 0.226 e. The molecular weight excluding hydrogens is 314 g/mol. The number of rotatable bonds is 6. The van der Waals surface area contributed by atoms with E-state index in [0.717, 1.165) is 25.7 Å². The summed E-state index contributed by atoms with van der Waals surface area (Å²) in [5, 5.41) is 9.35. The summed E-state index contributed by atoms with van der Waals surface area (Å²) in [5.74, 6) is 0.0276. The lowest BCUT2D eigenvalue weighted by atomic mass is 9.76. The summed E-state index contributed by atoms with van der Waals surface area (Å²) in [6.07, 6.45) is 5.11. The van der Waals surface area contributed by atoms with Crippen LogP contribution < -0.4 is 0 Å². The van der Waals surface area contributed by atoms with E-state index in [-0.39, 0.29) is 17.6 Å². The zero-order valence-corrected chi connectivity index (χ0v) is 14.9. The molecule has 0 unspecified atom stereocenters. The van der Waals surface area contributed by atoms with Crippen LogP contribution in [0.5, 0.6) is 0 Å². The number of piperidine rings is 1. The van der Waals surface area contributed by atoms with Crippen molar-refractivity contribution in [1.29, 1.82) is 5.26 Å². The maximum atomic E-state index is 12.6. The van der Waals surface area contributed by atoms with Gasteiger partial charge < -0.3 is 4.90 Å². The molecule has 130 valence electrons. The molecule has 0 radical (unpaired) electrons. The minimum Gasteiger partial charge on any atom is -0.327 e. The Balaban J connectivity index is 1.91. The number of sulfonamides is 1. The first-order valence-corrected chi connectivity index (χ1v) is 10.1. The first kappa shape index (κ1) is 18.2. The van der Waals surface area contributed by atoms with Crippen LogP contribution in [0, 0.1) is 17.2 Å². The van der Waals surface area contributed by atoms with Crippen LogP contribution in [0.25, 0.3) is 0 Å². The summed E-state index contributed by atoms with van der Waals surface area (Å²) in [5.41, 5.74) is -0.624. The number of nitrogens with zero attached hydrogens (tertiary/aromatic N) is 3. The Bertz CT molecular complexity index is 570. The maximum Gasteiger partial charge on any atom is 0.226 e. The molecule has 6 nitrogen and oxygen atoms in total. The average molecular weight is 341 g/mol. The number of hydrogen-bond donors (Lipinski definition) is 0. The monoisotopic (exact) mass is 341 g/mol. The SMILES string of the molecule is CCCCS(=O)(=O)N1CCC(C(=O)N(C)C2(C#N)CCC2)CC1. The van der Waals surface area contributed by atoms with Crippen LogP contribution in [0.2, 0.25) is 0 Å². The highest BCUT2D eigenvalue weighted by Crippen LogP contribution is 2.37. The van der Waals surface area contributed by atoms with E-state index in [9.17, 15) is 18.5 Å². The third-order valence-corrected chi connectivity index (χ3v) is 7.27. The second kappa shape index (κ2) is 7.18. The van der Waals surface area contributed by atoms with Gasteiger partial charge in [0.15, 0.2) is 0 Å². The molecule has 0 bridgehead atoms. The topological polar surface area (TPSA) is 81.5 Å². The number of amides is 1. The van der Waals surface area contributed by atoms with Crippen molar-refractivity contribution in [3.05, 3.63) is 0 Å². The molecule has 1 saturated carbocycles. The summed E-state index contributed by atoms with van der Waals surface area (Å²) in [6, 6.07) is 2.29. The molecule has 1 amide bonds. The molecular formula is C16H27N3O3S. The third-order valence-electron chi connectivity index (χ3n) is 5.31. The van der Waals surface area contributed by atoms with Crippen LogP contribution in [0.3, 0.4) is 0 Å². The van der Waals surface area contributed by atoms with Gasteiger partial charge in [0.05, 0.1) is 11.8 Å². The van der Waals surface area contributed by atoms with Crippen LogP contribution >= 0.6 is 0 Å². The fourth-order valence-corrected chi connectivity index (χ4v) is 5.03. The van der Waals surface area contributed by atoms with Gasteiger partial charge in [-0.15, -0.1) is 0 Å². The molecule has 1 aliphatic carbocycles. The van der Waals surface area contributed by atoms with Crippen LogP contribution in [0.4, 0.5) is 0 Å². The molecule has 0 aromatic rings. The lowest BCUT2D eigenvalue weighted by molar-refractivity contribution is -0.142. The van der Waals surface area contributed by atoms with E-state index >= 15 is 0 Å². The minimum absolute atomic E-state index is 0.00291. The molecule has 0 spiro atoms. The summed E-state index contributed by atoms with van der Waals surface area (Å²) in [6.45, 7) is 2.80. The standard InChI is InChI=1S/C16H27N3O3S/c1-3-4-12-23(21,22)19-10-6-14(7-11-19)15(20)18(2)16(13-17)8-5-9-16/h14H,3-12H2,1-2H3. The van der Waals surface area contributed by atoms with Crippen molar-refractivity contribution in [3.63, 3.8) is 0 Å². The second-order valence-electron chi connectivity index (χ2n) is 6.74. The van der Waals surface area contributed by atoms with E-state index in [1.54, 1.807) is 11.9 Å². The highest BCUT2D eigenvalue weighted by Gasteiger charge is 2.45. The predicted octanol–water partition coefficient (Wildman–Crippen LogP) is 1.73. The fraction of sp³-hybridized carbons (Fsp3) is 0.875. The van der Waals surface area contributed by atoms with Gasteiger partial charge in [-0.25, -0.2) is 12.7 Å². The van der Waals surface area contributed by atoms with Crippen LogP contribution in [-0.2, 0) is 14.8 Å². The molecule has 2 rings (SSSR count). The van der Waals surface area contributed by atoms with E-state index in [0.29, 0.717) is 32.4 Å². The maximum absolute atomic E-state index is 12.6. The molecule has 0 aromatic carbocycles. The summed E-state index contributed by atoms with van der Waals surface area (Å²) < 4.78 is 25.9. The van der Waals surface area contributed by atoms with Crippen molar-refractivity contribution in [1.82, 2.24) is 9.21 Å². The Labute approximate surface area is 139 Å². The Morgan fingerprint density at radius 2 is 1.96 bits per heavy atom. The van der Waals surface area contributed by atoms with Gasteiger partial charge in [0.2, 0.25) is 15.9 Å². The van der Waals surface area contributed by atoms with Crippen molar-refractivity contribution >= 4 is 15.9 Å². The Morgan fingerprint density at radius 3 is 2.39 bits per heavy atom. The number of carbonyl (C=O) groups excluding carboxylic acids is 1. The number of nitriles is 1. The van der Waals surface area contributed by atoms with E-state index < -0.39 is 15.6 Å². The molecule has 1 heterocycles. The second-order valence-corrected chi connectivity index (χ2v) is 8.83. The summed E-state index contributed by atoms with van der Waals surface area (Å²) in [4.78, 5) is 14.2. The van der Waals surface area contributed by atoms with E-state index in [1.807, 2.05) is 6.92 Å². The largest absolute Gasteiger partial charge is 0.327 e. The average Bonchev–Trinajstić information content (AvgIpc) is 2.52. The predicted molar refractivity (Wildman–Crippen MR) is 88.0 cm³/mol. The van der Waals surface area contributed by atoms with Crippen molar-refractivity contribution in [3.8, 4) is 6.07 Å². The van der Waals surface area contributed by atoms with Gasteiger partial charge in [-0.05, 0) is 38.5 Å². The molecule has 0 atom stereocenters. The summed E-state index contributed by atoms with van der Waals surface area (Å²) >= 11 is 0. The first-order chi connectivity index (χ1) is 10.9. The molecule has 1 saturated heterocycles. The van der Waals surface area contributed by atoms with Crippen molar-refractivity contribution in [2.24, 2.45) is 5.92 Å². The van der Waals surface area contributed by atoms with E-state index in [4.69, 9.17) is 0 Å². The quantitative estimate of drug-likeness (QED) is 0.737.